The molecule has 0 fully saturated rings. The van der Waals surface area contributed by atoms with Crippen LogP contribution >= 0.6 is 0 Å². The molecule has 0 saturated heterocycles. The number of methoxy groups -OCH3 is 1. The molecule has 0 radical (unpaired) electrons. The van der Waals surface area contributed by atoms with E-state index in [0.717, 1.165) is 6.07 Å². The van der Waals surface area contributed by atoms with Crippen molar-refractivity contribution in [3.05, 3.63) is 36.2 Å². The Bertz CT molecular complexity index is 418. The number of benzene rings is 1. The third kappa shape index (κ3) is 2.98. The van der Waals surface area contributed by atoms with E-state index in [1.807, 2.05) is 0 Å². The molecule has 5 heteroatoms. The molecule has 0 amide bonds. The monoisotopic (exact) mass is 225 g/mol. The van der Waals surface area contributed by atoms with E-state index in [9.17, 15) is 9.18 Å². The van der Waals surface area contributed by atoms with Gasteiger partial charge in [-0.25, -0.2) is 9.18 Å². The number of anilines is 1. The number of nitrogen functional groups attached to an aromatic ring is 1. The number of rotatable bonds is 4. The number of halogens is 1. The summed E-state index contributed by atoms with van der Waals surface area (Å²) in [7, 11) is 1.24. The molecule has 0 aliphatic rings. The van der Waals surface area contributed by atoms with Gasteiger partial charge in [0.25, 0.3) is 0 Å². The number of hydrogen-bond acceptors (Lipinski definition) is 4. The van der Waals surface area contributed by atoms with Gasteiger partial charge in [-0.05, 0) is 12.1 Å². The number of ether oxygens (including phenoxy) is 2. The molecular weight excluding hydrogens is 213 g/mol. The summed E-state index contributed by atoms with van der Waals surface area (Å²) in [4.78, 5) is 11.0. The van der Waals surface area contributed by atoms with Crippen molar-refractivity contribution >= 4 is 11.7 Å². The molecule has 1 aromatic carbocycles. The zero-order valence-electron chi connectivity index (χ0n) is 8.83. The average Bonchev–Trinajstić information content (AvgIpc) is 2.28. The summed E-state index contributed by atoms with van der Waals surface area (Å²) in [6, 6.07) is 3.74. The molecule has 0 bridgehead atoms. The average molecular weight is 225 g/mol. The fraction of sp³-hybridized carbons (Fsp3) is 0.182. The van der Waals surface area contributed by atoms with Gasteiger partial charge in [-0.1, -0.05) is 6.58 Å². The predicted octanol–water partition coefficient (Wildman–Crippen LogP) is 1.52. The van der Waals surface area contributed by atoms with E-state index in [1.165, 1.54) is 19.2 Å². The Morgan fingerprint density at radius 3 is 2.88 bits per heavy atom. The molecular formula is C11H12FNO3. The lowest BCUT2D eigenvalue weighted by atomic mass is 10.3. The van der Waals surface area contributed by atoms with Gasteiger partial charge in [-0.3, -0.25) is 0 Å². The number of esters is 1. The van der Waals surface area contributed by atoms with E-state index < -0.39 is 11.8 Å². The third-order valence-corrected chi connectivity index (χ3v) is 1.85. The molecule has 0 aliphatic carbocycles. The topological polar surface area (TPSA) is 61.5 Å². The Labute approximate surface area is 92.5 Å². The van der Waals surface area contributed by atoms with Crippen molar-refractivity contribution in [2.75, 3.05) is 19.5 Å². The van der Waals surface area contributed by atoms with Crippen molar-refractivity contribution in [1.82, 2.24) is 0 Å². The minimum Gasteiger partial charge on any atom is -0.486 e. The van der Waals surface area contributed by atoms with Gasteiger partial charge in [0.15, 0.2) is 0 Å². The number of hydrogen-bond donors (Lipinski definition) is 1. The Hall–Kier alpha value is -2.04. The molecule has 0 aromatic heterocycles. The lowest BCUT2D eigenvalue weighted by Crippen LogP contribution is -2.12. The summed E-state index contributed by atoms with van der Waals surface area (Å²) in [5.41, 5.74) is 5.97. The Morgan fingerprint density at radius 1 is 1.56 bits per heavy atom. The molecule has 4 nitrogen and oxygen atoms in total. The standard InChI is InChI=1S/C11H12FNO3/c1-7(11(14)15-2)6-16-10-5-8(12)3-4-9(10)13/h3-5H,1,6,13H2,2H3. The molecule has 0 spiro atoms. The van der Waals surface area contributed by atoms with Crippen molar-refractivity contribution in [1.29, 1.82) is 0 Å². The molecule has 1 aromatic rings. The van der Waals surface area contributed by atoms with Crippen LogP contribution < -0.4 is 10.5 Å². The predicted molar refractivity (Wildman–Crippen MR) is 57.5 cm³/mol. The molecule has 2 N–H and O–H groups in total. The largest absolute Gasteiger partial charge is 0.486 e. The molecule has 0 aliphatic heterocycles. The van der Waals surface area contributed by atoms with Crippen molar-refractivity contribution in [3.8, 4) is 5.75 Å². The third-order valence-electron chi connectivity index (χ3n) is 1.85. The van der Waals surface area contributed by atoms with E-state index in [-0.39, 0.29) is 17.9 Å². The minimum atomic E-state index is -0.574. The molecule has 16 heavy (non-hydrogen) atoms. The van der Waals surface area contributed by atoms with Crippen molar-refractivity contribution in [2.24, 2.45) is 0 Å². The first-order valence-electron chi connectivity index (χ1n) is 4.48. The normalized spacial score (nSPS) is 9.62. The van der Waals surface area contributed by atoms with Gasteiger partial charge >= 0.3 is 5.97 Å². The number of carbonyl (C=O) groups is 1. The minimum absolute atomic E-state index is 0.0969. The van der Waals surface area contributed by atoms with Crippen LogP contribution in [0, 0.1) is 5.82 Å². The van der Waals surface area contributed by atoms with Crippen molar-refractivity contribution in [3.63, 3.8) is 0 Å². The Morgan fingerprint density at radius 2 is 2.25 bits per heavy atom. The lowest BCUT2D eigenvalue weighted by Gasteiger charge is -2.09. The summed E-state index contributed by atoms with van der Waals surface area (Å²) < 4.78 is 22.4. The first-order chi connectivity index (χ1) is 7.54. The van der Waals surface area contributed by atoms with Gasteiger partial charge < -0.3 is 15.2 Å². The molecule has 0 saturated carbocycles. The van der Waals surface area contributed by atoms with Crippen LogP contribution in [0.1, 0.15) is 0 Å². The highest BCUT2D eigenvalue weighted by atomic mass is 19.1. The van der Waals surface area contributed by atoms with Crippen molar-refractivity contribution in [2.45, 2.75) is 0 Å². The highest BCUT2D eigenvalue weighted by molar-refractivity contribution is 5.87. The zero-order valence-corrected chi connectivity index (χ0v) is 8.83. The fourth-order valence-corrected chi connectivity index (χ4v) is 1.00. The van der Waals surface area contributed by atoms with Crippen LogP contribution in [0.3, 0.4) is 0 Å². The highest BCUT2D eigenvalue weighted by Gasteiger charge is 2.09. The first-order valence-corrected chi connectivity index (χ1v) is 4.48. The van der Waals surface area contributed by atoms with Crippen LogP contribution in [0.5, 0.6) is 5.75 Å². The Balaban J connectivity index is 2.64. The van der Waals surface area contributed by atoms with Crippen molar-refractivity contribution < 1.29 is 18.7 Å². The summed E-state index contributed by atoms with van der Waals surface area (Å²) in [5, 5.41) is 0. The fourth-order valence-electron chi connectivity index (χ4n) is 1.00. The van der Waals surface area contributed by atoms with Gasteiger partial charge in [0.2, 0.25) is 0 Å². The zero-order chi connectivity index (χ0) is 12.1. The van der Waals surface area contributed by atoms with Crippen LogP contribution in [0.2, 0.25) is 0 Å². The second-order valence-electron chi connectivity index (χ2n) is 3.07. The maximum absolute atomic E-state index is 12.8. The van der Waals surface area contributed by atoms with E-state index in [0.29, 0.717) is 5.69 Å². The van der Waals surface area contributed by atoms with Crippen LogP contribution in [0.15, 0.2) is 30.4 Å². The van der Waals surface area contributed by atoms with Gasteiger partial charge in [0, 0.05) is 6.07 Å². The highest BCUT2D eigenvalue weighted by Crippen LogP contribution is 2.22. The maximum atomic E-state index is 12.8. The molecule has 0 heterocycles. The van der Waals surface area contributed by atoms with E-state index in [1.54, 1.807) is 0 Å². The summed E-state index contributed by atoms with van der Waals surface area (Å²) in [6.45, 7) is 3.36. The quantitative estimate of drug-likeness (QED) is 0.479. The summed E-state index contributed by atoms with van der Waals surface area (Å²) >= 11 is 0. The van der Waals surface area contributed by atoms with Gasteiger partial charge in [0.1, 0.15) is 18.2 Å². The lowest BCUT2D eigenvalue weighted by molar-refractivity contribution is -0.136. The van der Waals surface area contributed by atoms with Gasteiger partial charge in [-0.2, -0.15) is 0 Å². The van der Waals surface area contributed by atoms with E-state index >= 15 is 0 Å². The second kappa shape index (κ2) is 5.16. The van der Waals surface area contributed by atoms with Gasteiger partial charge in [0.05, 0.1) is 18.4 Å². The van der Waals surface area contributed by atoms with E-state index in [2.05, 4.69) is 11.3 Å². The summed E-state index contributed by atoms with van der Waals surface area (Å²) in [6.07, 6.45) is 0. The Kier molecular flexibility index (Phi) is 3.88. The SMILES string of the molecule is C=C(COc1cc(F)ccc1N)C(=O)OC. The molecule has 0 unspecified atom stereocenters. The van der Waals surface area contributed by atoms with Crippen LogP contribution in [-0.4, -0.2) is 19.7 Å². The van der Waals surface area contributed by atoms with Gasteiger partial charge in [-0.15, -0.1) is 0 Å². The smallest absolute Gasteiger partial charge is 0.336 e. The first kappa shape index (κ1) is 12.0. The second-order valence-corrected chi connectivity index (χ2v) is 3.07. The van der Waals surface area contributed by atoms with Crippen LogP contribution in [-0.2, 0) is 9.53 Å². The number of carbonyl (C=O) groups excluding carboxylic acids is 1. The molecule has 86 valence electrons. The summed E-state index contributed by atoms with van der Waals surface area (Å²) in [5.74, 6) is -0.868. The van der Waals surface area contributed by atoms with E-state index in [4.69, 9.17) is 10.5 Å². The molecule has 1 rings (SSSR count). The maximum Gasteiger partial charge on any atom is 0.336 e. The number of nitrogens with two attached hydrogens (primary N) is 1. The van der Waals surface area contributed by atoms with Crippen LogP contribution in [0.4, 0.5) is 10.1 Å². The van der Waals surface area contributed by atoms with Crippen LogP contribution in [0.25, 0.3) is 0 Å². The molecule has 0 atom stereocenters.